The molecule has 1 atom stereocenters. The molecule has 2 aliphatic rings. The van der Waals surface area contributed by atoms with Gasteiger partial charge in [0, 0.05) is 25.3 Å². The molecule has 1 aromatic rings. The Morgan fingerprint density at radius 2 is 1.84 bits per heavy atom. The van der Waals surface area contributed by atoms with Crippen LogP contribution in [0, 0.1) is 5.92 Å². The summed E-state index contributed by atoms with van der Waals surface area (Å²) in [5.74, 6) is 0.338. The molecular weight excluding hydrogens is 338 g/mol. The highest BCUT2D eigenvalue weighted by Crippen LogP contribution is 2.34. The number of nitrogens with zero attached hydrogens (tertiary/aromatic N) is 3. The molecule has 2 aliphatic heterocycles. The molecule has 6 nitrogen and oxygen atoms in total. The zero-order chi connectivity index (χ0) is 18.2. The number of hydrogen-bond acceptors (Lipinski definition) is 4. The number of likely N-dealkylation sites (N-methyl/N-ethyl adjacent to an activating group) is 1. The number of para-hydroxylation sites is 1. The van der Waals surface area contributed by atoms with E-state index in [2.05, 4.69) is 0 Å². The Morgan fingerprint density at radius 3 is 2.48 bits per heavy atom. The molecule has 1 amide bonds. The number of hydrogen-bond donors (Lipinski definition) is 0. The van der Waals surface area contributed by atoms with Crippen LogP contribution in [0.5, 0.6) is 0 Å². The van der Waals surface area contributed by atoms with Gasteiger partial charge in [-0.1, -0.05) is 32.0 Å². The summed E-state index contributed by atoms with van der Waals surface area (Å²) in [7, 11) is -1.32. The summed E-state index contributed by atoms with van der Waals surface area (Å²) in [5, 5.41) is 0. The van der Waals surface area contributed by atoms with Crippen molar-refractivity contribution in [2.45, 2.75) is 25.8 Å². The van der Waals surface area contributed by atoms with Crippen LogP contribution in [0.1, 0.15) is 20.3 Å². The Balaban J connectivity index is 1.82. The zero-order valence-electron chi connectivity index (χ0n) is 15.2. The van der Waals surface area contributed by atoms with Crippen LogP contribution >= 0.6 is 0 Å². The van der Waals surface area contributed by atoms with Crippen LogP contribution in [0.25, 0.3) is 0 Å². The molecular formula is C18H27N3O3S. The Labute approximate surface area is 150 Å². The lowest BCUT2D eigenvalue weighted by Gasteiger charge is -2.46. The van der Waals surface area contributed by atoms with Crippen molar-refractivity contribution in [1.82, 2.24) is 9.21 Å². The average molecular weight is 365 g/mol. The summed E-state index contributed by atoms with van der Waals surface area (Å²) in [6.07, 6.45) is 0.747. The van der Waals surface area contributed by atoms with Gasteiger partial charge in [-0.05, 0) is 31.5 Å². The van der Waals surface area contributed by atoms with Crippen LogP contribution in [0.15, 0.2) is 30.3 Å². The third-order valence-electron chi connectivity index (χ3n) is 5.24. The first-order chi connectivity index (χ1) is 11.7. The van der Waals surface area contributed by atoms with Gasteiger partial charge in [0.2, 0.25) is 15.9 Å². The van der Waals surface area contributed by atoms with Gasteiger partial charge in [-0.3, -0.25) is 9.69 Å². The van der Waals surface area contributed by atoms with Crippen molar-refractivity contribution >= 4 is 21.6 Å². The van der Waals surface area contributed by atoms with Crippen LogP contribution < -0.4 is 4.90 Å². The normalized spacial score (nSPS) is 26.1. The summed E-state index contributed by atoms with van der Waals surface area (Å²) >= 11 is 0. The maximum atomic E-state index is 12.6. The number of carbonyl (C=O) groups excluding carboxylic acids is 1. The molecule has 2 heterocycles. The van der Waals surface area contributed by atoms with Gasteiger partial charge >= 0.3 is 0 Å². The largest absolute Gasteiger partial charge is 0.309 e. The Hall–Kier alpha value is -1.44. The SMILES string of the molecule is CC(C)CS(=O)(=O)N1CCC2(CN(c3ccccc3)C(=O)CN2C)C1. The van der Waals surface area contributed by atoms with Gasteiger partial charge in [0.05, 0.1) is 17.8 Å². The lowest BCUT2D eigenvalue weighted by atomic mass is 9.92. The number of piperazine rings is 1. The highest BCUT2D eigenvalue weighted by Gasteiger charge is 2.50. The minimum atomic E-state index is -3.25. The highest BCUT2D eigenvalue weighted by molar-refractivity contribution is 7.89. The molecule has 1 unspecified atom stereocenters. The standard InChI is InChI=1S/C18H27N3O3S/c1-15(2)12-25(23,24)20-10-9-18(13-20)14-21(17(22)11-19(18)3)16-7-5-4-6-8-16/h4-8,15H,9-14H2,1-3H3. The van der Waals surface area contributed by atoms with Crippen LogP contribution in [-0.4, -0.2) is 68.0 Å². The second-order valence-corrected chi connectivity index (χ2v) is 9.67. The molecule has 7 heteroatoms. The fourth-order valence-corrected chi connectivity index (χ4v) is 5.69. The lowest BCUT2D eigenvalue weighted by molar-refractivity contribution is -0.123. The molecule has 1 spiro atoms. The van der Waals surface area contributed by atoms with Gasteiger partial charge in [0.15, 0.2) is 0 Å². The Morgan fingerprint density at radius 1 is 1.16 bits per heavy atom. The number of benzene rings is 1. The van der Waals surface area contributed by atoms with Gasteiger partial charge < -0.3 is 4.90 Å². The van der Waals surface area contributed by atoms with E-state index in [1.807, 2.05) is 56.1 Å². The van der Waals surface area contributed by atoms with Crippen molar-refractivity contribution in [3.05, 3.63) is 30.3 Å². The number of amides is 1. The fraction of sp³-hybridized carbons (Fsp3) is 0.611. The summed E-state index contributed by atoms with van der Waals surface area (Å²) in [5.41, 5.74) is 0.567. The van der Waals surface area contributed by atoms with E-state index < -0.39 is 10.0 Å². The maximum Gasteiger partial charge on any atom is 0.241 e. The van der Waals surface area contributed by atoms with Crippen LogP contribution in [-0.2, 0) is 14.8 Å². The lowest BCUT2D eigenvalue weighted by Crippen LogP contribution is -2.64. The third kappa shape index (κ3) is 3.59. The molecule has 0 aliphatic carbocycles. The predicted molar refractivity (Wildman–Crippen MR) is 99.0 cm³/mol. The zero-order valence-corrected chi connectivity index (χ0v) is 16.0. The second-order valence-electron chi connectivity index (χ2n) is 7.65. The predicted octanol–water partition coefficient (Wildman–Crippen LogP) is 1.40. The first-order valence-corrected chi connectivity index (χ1v) is 10.4. The number of carbonyl (C=O) groups is 1. The molecule has 0 N–H and O–H groups in total. The van der Waals surface area contributed by atoms with E-state index in [1.165, 1.54) is 0 Å². The summed E-state index contributed by atoms with van der Waals surface area (Å²) < 4.78 is 26.9. The van der Waals surface area contributed by atoms with Crippen LogP contribution in [0.2, 0.25) is 0 Å². The van der Waals surface area contributed by atoms with Crippen molar-refractivity contribution in [3.8, 4) is 0 Å². The molecule has 2 fully saturated rings. The summed E-state index contributed by atoms with van der Waals surface area (Å²) in [4.78, 5) is 16.4. The molecule has 138 valence electrons. The smallest absolute Gasteiger partial charge is 0.241 e. The van der Waals surface area contributed by atoms with Crippen molar-refractivity contribution in [2.24, 2.45) is 5.92 Å². The fourth-order valence-electron chi connectivity index (χ4n) is 3.83. The van der Waals surface area contributed by atoms with Gasteiger partial charge in [0.25, 0.3) is 0 Å². The van der Waals surface area contributed by atoms with E-state index in [0.717, 1.165) is 12.1 Å². The first kappa shape index (κ1) is 18.4. The van der Waals surface area contributed by atoms with Crippen LogP contribution in [0.3, 0.4) is 0 Å². The topological polar surface area (TPSA) is 60.9 Å². The molecule has 0 bridgehead atoms. The van der Waals surface area contributed by atoms with E-state index in [1.54, 1.807) is 9.21 Å². The number of anilines is 1. The van der Waals surface area contributed by atoms with E-state index in [4.69, 9.17) is 0 Å². The summed E-state index contributed by atoms with van der Waals surface area (Å²) in [6, 6.07) is 9.62. The minimum Gasteiger partial charge on any atom is -0.309 e. The van der Waals surface area contributed by atoms with Gasteiger partial charge in [-0.15, -0.1) is 0 Å². The first-order valence-electron chi connectivity index (χ1n) is 8.78. The van der Waals surface area contributed by atoms with E-state index in [0.29, 0.717) is 26.2 Å². The summed E-state index contributed by atoms with van der Waals surface area (Å²) in [6.45, 7) is 5.66. The number of rotatable bonds is 4. The molecule has 0 aromatic heterocycles. The molecule has 0 saturated carbocycles. The number of sulfonamides is 1. The molecule has 2 saturated heterocycles. The Bertz CT molecular complexity index is 735. The Kier molecular flexibility index (Phi) is 4.92. The monoisotopic (exact) mass is 365 g/mol. The third-order valence-corrected chi connectivity index (χ3v) is 7.42. The van der Waals surface area contributed by atoms with Gasteiger partial charge in [0.1, 0.15) is 0 Å². The quantitative estimate of drug-likeness (QED) is 0.809. The van der Waals surface area contributed by atoms with Crippen molar-refractivity contribution in [3.63, 3.8) is 0 Å². The van der Waals surface area contributed by atoms with Crippen molar-refractivity contribution in [1.29, 1.82) is 0 Å². The highest BCUT2D eigenvalue weighted by atomic mass is 32.2. The van der Waals surface area contributed by atoms with Gasteiger partial charge in [-0.25, -0.2) is 8.42 Å². The van der Waals surface area contributed by atoms with Crippen molar-refractivity contribution in [2.75, 3.05) is 43.9 Å². The van der Waals surface area contributed by atoms with Crippen molar-refractivity contribution < 1.29 is 13.2 Å². The van der Waals surface area contributed by atoms with E-state index >= 15 is 0 Å². The molecule has 25 heavy (non-hydrogen) atoms. The van der Waals surface area contributed by atoms with E-state index in [9.17, 15) is 13.2 Å². The van der Waals surface area contributed by atoms with E-state index in [-0.39, 0.29) is 23.1 Å². The maximum absolute atomic E-state index is 12.6. The van der Waals surface area contributed by atoms with Crippen LogP contribution in [0.4, 0.5) is 5.69 Å². The second kappa shape index (κ2) is 6.70. The minimum absolute atomic E-state index is 0.0582. The molecule has 0 radical (unpaired) electrons. The molecule has 1 aromatic carbocycles. The molecule has 3 rings (SSSR count). The van der Waals surface area contributed by atoms with Gasteiger partial charge in [-0.2, -0.15) is 4.31 Å². The average Bonchev–Trinajstić information content (AvgIpc) is 2.97.